The van der Waals surface area contributed by atoms with Crippen molar-refractivity contribution in [3.8, 4) is 0 Å². The molecule has 1 N–H and O–H groups in total. The van der Waals surface area contributed by atoms with Crippen molar-refractivity contribution in [1.29, 1.82) is 0 Å². The van der Waals surface area contributed by atoms with E-state index in [1.807, 2.05) is 0 Å². The summed E-state index contributed by atoms with van der Waals surface area (Å²) >= 11 is 3.16. The summed E-state index contributed by atoms with van der Waals surface area (Å²) in [6.07, 6.45) is 2.87. The number of methoxy groups -OCH3 is 1. The van der Waals surface area contributed by atoms with Gasteiger partial charge < -0.3 is 19.2 Å². The zero-order valence-electron chi connectivity index (χ0n) is 10.8. The Hall–Kier alpha value is -1.60. The first-order valence-corrected chi connectivity index (χ1v) is 6.80. The summed E-state index contributed by atoms with van der Waals surface area (Å²) in [5, 5.41) is 9.14. The van der Waals surface area contributed by atoms with E-state index in [1.54, 1.807) is 12.1 Å². The minimum Gasteiger partial charge on any atom is -0.480 e. The molecule has 1 aromatic rings. The topological polar surface area (TPSA) is 80.0 Å². The Labute approximate surface area is 124 Å². The Kier molecular flexibility index (Phi) is 4.61. The number of ether oxygens (including phenoxy) is 1. The largest absolute Gasteiger partial charge is 0.480 e. The van der Waals surface area contributed by atoms with Crippen molar-refractivity contribution in [3.63, 3.8) is 0 Å². The molecule has 1 fully saturated rings. The number of aliphatic carboxylic acids is 1. The van der Waals surface area contributed by atoms with Gasteiger partial charge in [0.1, 0.15) is 11.8 Å². The average molecular weight is 344 g/mol. The number of hydrogen-bond donors (Lipinski definition) is 1. The maximum Gasteiger partial charge on any atom is 0.326 e. The summed E-state index contributed by atoms with van der Waals surface area (Å²) < 4.78 is 10.9. The van der Waals surface area contributed by atoms with E-state index < -0.39 is 12.0 Å². The highest BCUT2D eigenvalue weighted by Gasteiger charge is 2.38. The fourth-order valence-corrected chi connectivity index (χ4v) is 2.43. The van der Waals surface area contributed by atoms with Gasteiger partial charge in [-0.3, -0.25) is 4.79 Å². The Bertz CT molecular complexity index is 539. The lowest BCUT2D eigenvalue weighted by molar-refractivity contribution is -0.146. The molecule has 0 aromatic carbocycles. The van der Waals surface area contributed by atoms with Gasteiger partial charge >= 0.3 is 5.97 Å². The second kappa shape index (κ2) is 6.23. The molecule has 1 amide bonds. The smallest absolute Gasteiger partial charge is 0.326 e. The lowest BCUT2D eigenvalue weighted by Crippen LogP contribution is -2.39. The predicted molar refractivity (Wildman–Crippen MR) is 74.0 cm³/mol. The maximum atomic E-state index is 12.1. The third-order valence-corrected chi connectivity index (χ3v) is 3.57. The second-order valence-electron chi connectivity index (χ2n) is 4.41. The summed E-state index contributed by atoms with van der Waals surface area (Å²) in [6.45, 7) is 0.276. The van der Waals surface area contributed by atoms with E-state index >= 15 is 0 Å². The molecule has 0 aliphatic carbocycles. The molecule has 7 heteroatoms. The van der Waals surface area contributed by atoms with Crippen LogP contribution >= 0.6 is 15.9 Å². The van der Waals surface area contributed by atoms with E-state index in [2.05, 4.69) is 15.9 Å². The number of amides is 1. The summed E-state index contributed by atoms with van der Waals surface area (Å²) in [7, 11) is 1.51. The molecule has 0 bridgehead atoms. The van der Waals surface area contributed by atoms with Crippen LogP contribution < -0.4 is 0 Å². The van der Waals surface area contributed by atoms with Crippen LogP contribution in [0.4, 0.5) is 0 Å². The molecule has 1 saturated heterocycles. The molecule has 0 saturated carbocycles. The van der Waals surface area contributed by atoms with E-state index in [9.17, 15) is 9.59 Å². The van der Waals surface area contributed by atoms with Gasteiger partial charge in [0.15, 0.2) is 4.67 Å². The molecular formula is C13H14BrNO5. The number of halogens is 1. The predicted octanol–water partition coefficient (Wildman–Crippen LogP) is 1.76. The van der Waals surface area contributed by atoms with E-state index in [1.165, 1.54) is 24.2 Å². The quantitative estimate of drug-likeness (QED) is 0.842. The molecule has 2 atom stereocenters. The highest BCUT2D eigenvalue weighted by Crippen LogP contribution is 2.21. The van der Waals surface area contributed by atoms with Crippen molar-refractivity contribution >= 4 is 33.9 Å². The van der Waals surface area contributed by atoms with Crippen LogP contribution in [0.15, 0.2) is 27.3 Å². The van der Waals surface area contributed by atoms with Crippen LogP contribution in [0.3, 0.4) is 0 Å². The number of likely N-dealkylation sites (tertiary alicyclic amines) is 1. The van der Waals surface area contributed by atoms with Gasteiger partial charge in [-0.25, -0.2) is 4.79 Å². The first-order valence-electron chi connectivity index (χ1n) is 6.01. The molecule has 1 aliphatic heterocycles. The van der Waals surface area contributed by atoms with Crippen LogP contribution in [0.2, 0.25) is 0 Å². The molecular weight excluding hydrogens is 330 g/mol. The Morgan fingerprint density at radius 3 is 2.85 bits per heavy atom. The number of hydrogen-bond acceptors (Lipinski definition) is 4. The fraction of sp³-hybridized carbons (Fsp3) is 0.385. The van der Waals surface area contributed by atoms with Crippen LogP contribution in [-0.2, 0) is 14.3 Å². The summed E-state index contributed by atoms with van der Waals surface area (Å²) in [4.78, 5) is 24.5. The maximum absolute atomic E-state index is 12.1. The number of rotatable bonds is 4. The monoisotopic (exact) mass is 343 g/mol. The van der Waals surface area contributed by atoms with Crippen LogP contribution in [0.5, 0.6) is 0 Å². The molecule has 0 radical (unpaired) electrons. The van der Waals surface area contributed by atoms with Gasteiger partial charge in [-0.2, -0.15) is 0 Å². The normalized spacial score (nSPS) is 22.6. The van der Waals surface area contributed by atoms with Crippen LogP contribution in [0, 0.1) is 0 Å². The Morgan fingerprint density at radius 1 is 1.55 bits per heavy atom. The van der Waals surface area contributed by atoms with Gasteiger partial charge in [0.05, 0.1) is 6.10 Å². The van der Waals surface area contributed by atoms with Gasteiger partial charge in [-0.05, 0) is 34.1 Å². The van der Waals surface area contributed by atoms with E-state index in [4.69, 9.17) is 14.3 Å². The molecule has 0 spiro atoms. The third kappa shape index (κ3) is 3.29. The van der Waals surface area contributed by atoms with Gasteiger partial charge in [0.2, 0.25) is 5.91 Å². The van der Waals surface area contributed by atoms with E-state index in [0.717, 1.165) is 0 Å². The molecule has 1 aliphatic rings. The van der Waals surface area contributed by atoms with E-state index in [0.29, 0.717) is 16.9 Å². The zero-order chi connectivity index (χ0) is 14.7. The van der Waals surface area contributed by atoms with Crippen LogP contribution in [0.1, 0.15) is 12.2 Å². The van der Waals surface area contributed by atoms with Crippen molar-refractivity contribution in [1.82, 2.24) is 4.90 Å². The van der Waals surface area contributed by atoms with Crippen molar-refractivity contribution < 1.29 is 23.8 Å². The molecule has 2 unspecified atom stereocenters. The number of furan rings is 1. The average Bonchev–Trinajstić information content (AvgIpc) is 3.02. The van der Waals surface area contributed by atoms with E-state index in [-0.39, 0.29) is 18.6 Å². The van der Waals surface area contributed by atoms with Crippen LogP contribution in [-0.4, -0.2) is 47.7 Å². The van der Waals surface area contributed by atoms with Crippen molar-refractivity contribution in [2.75, 3.05) is 13.7 Å². The van der Waals surface area contributed by atoms with Gasteiger partial charge in [0.25, 0.3) is 0 Å². The lowest BCUT2D eigenvalue weighted by Gasteiger charge is -2.19. The number of nitrogens with zero attached hydrogens (tertiary/aromatic N) is 1. The molecule has 20 heavy (non-hydrogen) atoms. The second-order valence-corrected chi connectivity index (χ2v) is 5.19. The first-order chi connectivity index (χ1) is 9.51. The molecule has 2 rings (SSSR count). The standard InChI is InChI=1S/C13H14BrNO5/c1-19-9-6-10(13(17)18)15(7-9)12(16)5-3-8-2-4-11(14)20-8/h2-5,9-10H,6-7H2,1H3,(H,17,18)/b5-3+. The number of carbonyl (C=O) groups is 2. The minimum absolute atomic E-state index is 0.244. The zero-order valence-corrected chi connectivity index (χ0v) is 12.4. The highest BCUT2D eigenvalue weighted by atomic mass is 79.9. The van der Waals surface area contributed by atoms with Crippen molar-refractivity contribution in [2.24, 2.45) is 0 Å². The van der Waals surface area contributed by atoms with Crippen LogP contribution in [0.25, 0.3) is 6.08 Å². The minimum atomic E-state index is -1.02. The van der Waals surface area contributed by atoms with Crippen molar-refractivity contribution in [2.45, 2.75) is 18.6 Å². The van der Waals surface area contributed by atoms with Gasteiger partial charge in [-0.15, -0.1) is 0 Å². The van der Waals surface area contributed by atoms with Gasteiger partial charge in [0, 0.05) is 26.2 Å². The van der Waals surface area contributed by atoms with Crippen molar-refractivity contribution in [3.05, 3.63) is 28.6 Å². The number of carboxylic acid groups (broad SMARTS) is 1. The lowest BCUT2D eigenvalue weighted by atomic mass is 10.2. The summed E-state index contributed by atoms with van der Waals surface area (Å²) in [5.41, 5.74) is 0. The number of carbonyl (C=O) groups excluding carboxylic acids is 1. The SMILES string of the molecule is COC1CC(C(=O)O)N(C(=O)/C=C/c2ccc(Br)o2)C1. The molecule has 2 heterocycles. The van der Waals surface area contributed by atoms with Gasteiger partial charge in [-0.1, -0.05) is 0 Å². The fourth-order valence-electron chi connectivity index (χ4n) is 2.11. The Balaban J connectivity index is 2.07. The molecule has 108 valence electrons. The summed E-state index contributed by atoms with van der Waals surface area (Å²) in [5.74, 6) is -0.879. The third-order valence-electron chi connectivity index (χ3n) is 3.15. The molecule has 6 nitrogen and oxygen atoms in total. The highest BCUT2D eigenvalue weighted by molar-refractivity contribution is 9.10. The Morgan fingerprint density at radius 2 is 2.30 bits per heavy atom. The number of carboxylic acids is 1. The summed E-state index contributed by atoms with van der Waals surface area (Å²) in [6, 6.07) is 2.56. The molecule has 1 aromatic heterocycles. The first kappa shape index (κ1) is 14.8.